The Morgan fingerprint density at radius 1 is 0.938 bits per heavy atom. The molecule has 1 aromatic heterocycles. The van der Waals surface area contributed by atoms with Crippen LogP contribution in [0.15, 0.2) is 48.5 Å². The maximum Gasteiger partial charge on any atom is 0.231 e. The molecule has 0 aliphatic carbocycles. The molecule has 4 rings (SSSR count). The minimum atomic E-state index is -0.435. The van der Waals surface area contributed by atoms with Crippen molar-refractivity contribution < 1.29 is 13.9 Å². The lowest BCUT2D eigenvalue weighted by molar-refractivity contribution is 0.340. The third-order valence-electron chi connectivity index (χ3n) is 5.24. The molecular weight excluding hydrogens is 409 g/mol. The zero-order valence-corrected chi connectivity index (χ0v) is 18.4. The zero-order chi connectivity index (χ0) is 22.3. The number of hydrogen-bond acceptors (Lipinski definition) is 7. The number of halogens is 1. The van der Waals surface area contributed by atoms with Crippen LogP contribution >= 0.6 is 0 Å². The molecule has 0 unspecified atom stereocenters. The molecule has 0 bridgehead atoms. The average Bonchev–Trinajstić information content (AvgIpc) is 2.81. The fourth-order valence-electron chi connectivity index (χ4n) is 3.66. The molecule has 1 aliphatic heterocycles. The van der Waals surface area contributed by atoms with Crippen LogP contribution in [0.2, 0.25) is 0 Å². The number of nitrogens with one attached hydrogen (secondary N) is 2. The third-order valence-corrected chi connectivity index (χ3v) is 5.24. The van der Waals surface area contributed by atoms with Crippen molar-refractivity contribution in [1.29, 1.82) is 0 Å². The second kappa shape index (κ2) is 10.2. The molecule has 2 N–H and O–H groups in total. The molecule has 0 atom stereocenters. The molecule has 0 amide bonds. The Kier molecular flexibility index (Phi) is 6.89. The van der Waals surface area contributed by atoms with Gasteiger partial charge in [0.2, 0.25) is 5.95 Å². The van der Waals surface area contributed by atoms with Gasteiger partial charge in [-0.1, -0.05) is 0 Å². The number of rotatable bonds is 8. The Labute approximate surface area is 187 Å². The Morgan fingerprint density at radius 2 is 1.69 bits per heavy atom. The predicted octanol–water partition coefficient (Wildman–Crippen LogP) is 5.50. The van der Waals surface area contributed by atoms with Gasteiger partial charge in [0.05, 0.1) is 13.7 Å². The molecule has 32 heavy (non-hydrogen) atoms. The van der Waals surface area contributed by atoms with Gasteiger partial charge in [0.15, 0.2) is 11.6 Å². The van der Waals surface area contributed by atoms with E-state index < -0.39 is 5.82 Å². The van der Waals surface area contributed by atoms with Crippen LogP contribution in [-0.2, 0) is 0 Å². The van der Waals surface area contributed by atoms with Crippen molar-refractivity contribution in [2.75, 3.05) is 42.3 Å². The van der Waals surface area contributed by atoms with E-state index in [1.807, 2.05) is 37.3 Å². The Hall–Kier alpha value is -3.55. The van der Waals surface area contributed by atoms with Gasteiger partial charge < -0.3 is 25.0 Å². The van der Waals surface area contributed by atoms with Gasteiger partial charge in [-0.3, -0.25) is 0 Å². The van der Waals surface area contributed by atoms with Gasteiger partial charge in [-0.05, 0) is 62.6 Å². The molecule has 2 heterocycles. The summed E-state index contributed by atoms with van der Waals surface area (Å²) in [4.78, 5) is 11.6. The molecule has 2 aromatic carbocycles. The second-order valence-electron chi connectivity index (χ2n) is 7.54. The van der Waals surface area contributed by atoms with Gasteiger partial charge in [-0.15, -0.1) is 0 Å². The van der Waals surface area contributed by atoms with Gasteiger partial charge in [0.1, 0.15) is 17.4 Å². The van der Waals surface area contributed by atoms with Crippen molar-refractivity contribution >= 4 is 29.0 Å². The van der Waals surface area contributed by atoms with Gasteiger partial charge >= 0.3 is 0 Å². The van der Waals surface area contributed by atoms with Crippen molar-refractivity contribution in [2.24, 2.45) is 0 Å². The monoisotopic (exact) mass is 437 g/mol. The minimum Gasteiger partial charge on any atom is -0.494 e. The number of aromatic nitrogens is 2. The highest BCUT2D eigenvalue weighted by Crippen LogP contribution is 2.28. The summed E-state index contributed by atoms with van der Waals surface area (Å²) in [6.45, 7) is 4.48. The highest BCUT2D eigenvalue weighted by molar-refractivity contribution is 5.65. The summed E-state index contributed by atoms with van der Waals surface area (Å²) in [5.74, 6) is 2.46. The lowest BCUT2D eigenvalue weighted by atomic mass is 10.1. The van der Waals surface area contributed by atoms with Crippen LogP contribution in [0.4, 0.5) is 33.3 Å². The first-order valence-corrected chi connectivity index (χ1v) is 10.9. The van der Waals surface area contributed by atoms with Crippen molar-refractivity contribution in [3.63, 3.8) is 0 Å². The van der Waals surface area contributed by atoms with E-state index >= 15 is 0 Å². The summed E-state index contributed by atoms with van der Waals surface area (Å²) in [6, 6.07) is 14.3. The highest BCUT2D eigenvalue weighted by Gasteiger charge is 2.15. The largest absolute Gasteiger partial charge is 0.494 e. The molecule has 1 fully saturated rings. The fraction of sp³-hybridized carbons (Fsp3) is 0.333. The molecule has 3 aromatic rings. The van der Waals surface area contributed by atoms with E-state index in [4.69, 9.17) is 14.5 Å². The number of hydrogen-bond donors (Lipinski definition) is 2. The van der Waals surface area contributed by atoms with E-state index in [1.165, 1.54) is 19.6 Å². The van der Waals surface area contributed by atoms with Crippen molar-refractivity contribution in [3.8, 4) is 11.5 Å². The topological polar surface area (TPSA) is 71.5 Å². The number of nitrogens with zero attached hydrogens (tertiary/aromatic N) is 3. The number of methoxy groups -OCH3 is 1. The standard InChI is InChI=1S/C24H28FN5O2/c1-3-32-19-10-7-17(8-11-19)27-24-28-22(16-23(29-24)30-13-5-4-6-14-30)26-18-9-12-21(31-2)20(25)15-18/h7-12,15-16H,3-6,13-14H2,1-2H3,(H2,26,27,28,29). The minimum absolute atomic E-state index is 0.199. The SMILES string of the molecule is CCOc1ccc(Nc2nc(Nc3ccc(OC)c(F)c3)cc(N3CCCCC3)n2)cc1. The first kappa shape index (κ1) is 21.7. The molecule has 7 nitrogen and oxygen atoms in total. The lowest BCUT2D eigenvalue weighted by Crippen LogP contribution is -2.30. The van der Waals surface area contributed by atoms with Crippen LogP contribution in [0.25, 0.3) is 0 Å². The molecule has 1 saturated heterocycles. The maximum atomic E-state index is 14.1. The van der Waals surface area contributed by atoms with E-state index in [0.717, 1.165) is 43.2 Å². The van der Waals surface area contributed by atoms with Crippen LogP contribution in [0.5, 0.6) is 11.5 Å². The number of anilines is 5. The Balaban J connectivity index is 1.60. The molecule has 168 valence electrons. The number of benzene rings is 2. The van der Waals surface area contributed by atoms with Crippen molar-refractivity contribution in [2.45, 2.75) is 26.2 Å². The maximum absolute atomic E-state index is 14.1. The summed E-state index contributed by atoms with van der Waals surface area (Å²) < 4.78 is 24.7. The van der Waals surface area contributed by atoms with E-state index in [0.29, 0.717) is 24.1 Å². The van der Waals surface area contributed by atoms with Crippen molar-refractivity contribution in [3.05, 3.63) is 54.3 Å². The van der Waals surface area contributed by atoms with Gasteiger partial charge in [0.25, 0.3) is 0 Å². The second-order valence-corrected chi connectivity index (χ2v) is 7.54. The number of ether oxygens (including phenoxy) is 2. The quantitative estimate of drug-likeness (QED) is 0.482. The Bertz CT molecular complexity index is 1040. The highest BCUT2D eigenvalue weighted by atomic mass is 19.1. The Morgan fingerprint density at radius 3 is 2.38 bits per heavy atom. The van der Waals surface area contributed by atoms with Crippen LogP contribution in [0.3, 0.4) is 0 Å². The van der Waals surface area contributed by atoms with E-state index in [1.54, 1.807) is 12.1 Å². The summed E-state index contributed by atoms with van der Waals surface area (Å²) in [5, 5.41) is 6.46. The summed E-state index contributed by atoms with van der Waals surface area (Å²) in [7, 11) is 1.44. The van der Waals surface area contributed by atoms with Crippen molar-refractivity contribution in [1.82, 2.24) is 9.97 Å². The normalized spacial score (nSPS) is 13.5. The van der Waals surface area contributed by atoms with Crippen LogP contribution in [-0.4, -0.2) is 36.8 Å². The molecule has 1 aliphatic rings. The molecular formula is C24H28FN5O2. The van der Waals surface area contributed by atoms with E-state index in [9.17, 15) is 4.39 Å². The smallest absolute Gasteiger partial charge is 0.231 e. The fourth-order valence-corrected chi connectivity index (χ4v) is 3.66. The van der Waals surface area contributed by atoms with Crippen LogP contribution in [0, 0.1) is 5.82 Å². The predicted molar refractivity (Wildman–Crippen MR) is 125 cm³/mol. The molecule has 0 spiro atoms. The van der Waals surface area contributed by atoms with E-state index in [2.05, 4.69) is 20.5 Å². The van der Waals surface area contributed by atoms with Crippen LogP contribution < -0.4 is 25.0 Å². The summed E-state index contributed by atoms with van der Waals surface area (Å²) >= 11 is 0. The summed E-state index contributed by atoms with van der Waals surface area (Å²) in [6.07, 6.45) is 3.51. The first-order valence-electron chi connectivity index (χ1n) is 10.9. The van der Waals surface area contributed by atoms with Gasteiger partial charge in [0, 0.05) is 36.6 Å². The number of piperidine rings is 1. The zero-order valence-electron chi connectivity index (χ0n) is 18.4. The summed E-state index contributed by atoms with van der Waals surface area (Å²) in [5.41, 5.74) is 1.43. The third kappa shape index (κ3) is 5.38. The first-order chi connectivity index (χ1) is 15.6. The lowest BCUT2D eigenvalue weighted by Gasteiger charge is -2.28. The van der Waals surface area contributed by atoms with Crippen LogP contribution in [0.1, 0.15) is 26.2 Å². The average molecular weight is 438 g/mol. The van der Waals surface area contributed by atoms with Gasteiger partial charge in [-0.2, -0.15) is 9.97 Å². The molecule has 0 saturated carbocycles. The molecule has 8 heteroatoms. The van der Waals surface area contributed by atoms with E-state index in [-0.39, 0.29) is 5.75 Å². The molecule has 0 radical (unpaired) electrons. The van der Waals surface area contributed by atoms with Gasteiger partial charge in [-0.25, -0.2) is 4.39 Å².